The average molecular weight is 684 g/mol. The fraction of sp³-hybridized carbons (Fsp3) is 0.132. The highest BCUT2D eigenvalue weighted by Crippen LogP contribution is 2.37. The maximum atomic E-state index is 13.5. The molecule has 4 atom stereocenters. The molecule has 2 aromatic heterocycles. The van der Waals surface area contributed by atoms with Crippen LogP contribution in [0.4, 0.5) is 5.82 Å². The van der Waals surface area contributed by atoms with E-state index in [1.165, 1.54) is 17.2 Å². The Bertz CT molecular complexity index is 2160. The van der Waals surface area contributed by atoms with Crippen LogP contribution in [-0.2, 0) is 18.9 Å². The fourth-order valence-corrected chi connectivity index (χ4v) is 5.58. The number of imidazole rings is 1. The average Bonchev–Trinajstić information content (AvgIpc) is 3.76. The van der Waals surface area contributed by atoms with Gasteiger partial charge in [0, 0.05) is 5.56 Å². The lowest BCUT2D eigenvalue weighted by Gasteiger charge is -2.25. The zero-order chi connectivity index (χ0) is 35.2. The van der Waals surface area contributed by atoms with Gasteiger partial charge in [-0.05, 0) is 48.5 Å². The van der Waals surface area contributed by atoms with E-state index in [-0.39, 0.29) is 34.7 Å². The number of carbonyl (C=O) groups excluding carboxylic acids is 4. The second-order valence-electron chi connectivity index (χ2n) is 11.4. The van der Waals surface area contributed by atoms with Crippen molar-refractivity contribution in [1.29, 1.82) is 0 Å². The highest BCUT2D eigenvalue weighted by atomic mass is 16.7. The maximum absolute atomic E-state index is 13.5. The summed E-state index contributed by atoms with van der Waals surface area (Å²) < 4.78 is 25.6. The fourth-order valence-electron chi connectivity index (χ4n) is 5.58. The predicted molar refractivity (Wildman–Crippen MR) is 182 cm³/mol. The van der Waals surface area contributed by atoms with Gasteiger partial charge >= 0.3 is 17.9 Å². The predicted octanol–water partition coefficient (Wildman–Crippen LogP) is 5.28. The lowest BCUT2D eigenvalue weighted by Crippen LogP contribution is -2.41. The van der Waals surface area contributed by atoms with Gasteiger partial charge in [-0.25, -0.2) is 29.3 Å². The van der Waals surface area contributed by atoms with E-state index >= 15 is 0 Å². The first-order valence-corrected chi connectivity index (χ1v) is 15.9. The van der Waals surface area contributed by atoms with Crippen LogP contribution in [-0.4, -0.2) is 68.3 Å². The number of ether oxygens (including phenoxy) is 4. The standard InChI is InChI=1S/C38H29N5O8/c44-34(24-13-5-1-6-14-24)42-32-29-33(40-22-39-32)43(23-41-29)35-31(51-38(47)27-19-11-4-12-20-27)30(50-37(46)26-17-9-3-10-18-26)28(49-35)21-48-36(45)25-15-7-2-8-16-25/h1-20,22-23,28,30-31,35H,21H2,(H,39,40,42,44)/t28-,30+,31+,35-/m0/s1. The van der Waals surface area contributed by atoms with Crippen molar-refractivity contribution in [2.24, 2.45) is 0 Å². The van der Waals surface area contributed by atoms with Gasteiger partial charge < -0.3 is 24.3 Å². The van der Waals surface area contributed by atoms with E-state index in [1.54, 1.807) is 121 Å². The first-order valence-electron chi connectivity index (χ1n) is 15.9. The molecule has 1 aliphatic rings. The molecular weight excluding hydrogens is 654 g/mol. The number of nitrogens with zero attached hydrogens (tertiary/aromatic N) is 4. The van der Waals surface area contributed by atoms with Crippen LogP contribution >= 0.6 is 0 Å². The van der Waals surface area contributed by atoms with Crippen molar-refractivity contribution < 1.29 is 38.1 Å². The Balaban J connectivity index is 1.25. The number of carbonyl (C=O) groups is 4. The van der Waals surface area contributed by atoms with Gasteiger partial charge in [0.1, 0.15) is 19.0 Å². The molecule has 1 fully saturated rings. The number of hydrogen-bond donors (Lipinski definition) is 1. The normalized spacial score (nSPS) is 18.1. The summed E-state index contributed by atoms with van der Waals surface area (Å²) in [5, 5.41) is 2.76. The molecule has 13 heteroatoms. The van der Waals surface area contributed by atoms with Gasteiger partial charge in [-0.15, -0.1) is 0 Å². The minimum Gasteiger partial charge on any atom is -0.459 e. The maximum Gasteiger partial charge on any atom is 0.338 e. The lowest BCUT2D eigenvalue weighted by atomic mass is 10.1. The summed E-state index contributed by atoms with van der Waals surface area (Å²) in [7, 11) is 0. The largest absolute Gasteiger partial charge is 0.459 e. The van der Waals surface area contributed by atoms with Crippen LogP contribution in [0.2, 0.25) is 0 Å². The summed E-state index contributed by atoms with van der Waals surface area (Å²) in [6, 6.07) is 33.5. The molecule has 1 amide bonds. The first kappa shape index (κ1) is 32.8. The number of amides is 1. The molecule has 254 valence electrons. The van der Waals surface area contributed by atoms with Gasteiger partial charge in [0.2, 0.25) is 0 Å². The van der Waals surface area contributed by atoms with E-state index in [2.05, 4.69) is 20.3 Å². The number of nitrogens with one attached hydrogen (secondary N) is 1. The van der Waals surface area contributed by atoms with Gasteiger partial charge in [0.05, 0.1) is 23.0 Å². The second-order valence-corrected chi connectivity index (χ2v) is 11.4. The van der Waals surface area contributed by atoms with Crippen LogP contribution in [0.15, 0.2) is 134 Å². The third kappa shape index (κ3) is 7.19. The quantitative estimate of drug-likeness (QED) is 0.148. The van der Waals surface area contributed by atoms with Crippen molar-refractivity contribution in [3.8, 4) is 0 Å². The molecule has 4 aromatic carbocycles. The van der Waals surface area contributed by atoms with Gasteiger partial charge in [0.25, 0.3) is 5.91 Å². The minimum absolute atomic E-state index is 0.129. The molecule has 0 bridgehead atoms. The van der Waals surface area contributed by atoms with Crippen LogP contribution in [0, 0.1) is 0 Å². The third-order valence-electron chi connectivity index (χ3n) is 8.08. The van der Waals surface area contributed by atoms with Crippen LogP contribution in [0.3, 0.4) is 0 Å². The van der Waals surface area contributed by atoms with E-state index in [0.717, 1.165) is 0 Å². The Kier molecular flexibility index (Phi) is 9.52. The Hall–Kier alpha value is -6.73. The second kappa shape index (κ2) is 14.8. The summed E-state index contributed by atoms with van der Waals surface area (Å²) in [5.74, 6) is -2.34. The molecule has 0 aliphatic carbocycles. The monoisotopic (exact) mass is 683 g/mol. The molecule has 1 saturated heterocycles. The van der Waals surface area contributed by atoms with Crippen LogP contribution in [0.1, 0.15) is 47.7 Å². The van der Waals surface area contributed by atoms with Crippen molar-refractivity contribution in [2.75, 3.05) is 11.9 Å². The molecule has 0 spiro atoms. The number of fused-ring (bicyclic) bond motifs is 1. The summed E-state index contributed by atoms with van der Waals surface area (Å²) in [6.07, 6.45) is -2.23. The molecular formula is C38H29N5O8. The molecule has 1 N–H and O–H groups in total. The smallest absolute Gasteiger partial charge is 0.338 e. The molecule has 7 rings (SSSR count). The number of benzene rings is 4. The number of rotatable bonds is 10. The van der Waals surface area contributed by atoms with Crippen LogP contribution < -0.4 is 5.32 Å². The van der Waals surface area contributed by atoms with Crippen molar-refractivity contribution in [1.82, 2.24) is 19.5 Å². The van der Waals surface area contributed by atoms with Gasteiger partial charge in [-0.3, -0.25) is 9.36 Å². The zero-order valence-electron chi connectivity index (χ0n) is 26.8. The van der Waals surface area contributed by atoms with Crippen molar-refractivity contribution in [3.05, 3.63) is 156 Å². The molecule has 0 radical (unpaired) electrons. The first-order chi connectivity index (χ1) is 25.0. The molecule has 13 nitrogen and oxygen atoms in total. The number of esters is 3. The van der Waals surface area contributed by atoms with E-state index < -0.39 is 48.4 Å². The zero-order valence-corrected chi connectivity index (χ0v) is 26.8. The van der Waals surface area contributed by atoms with E-state index in [0.29, 0.717) is 11.1 Å². The van der Waals surface area contributed by atoms with Crippen LogP contribution in [0.5, 0.6) is 0 Å². The lowest BCUT2D eigenvalue weighted by molar-refractivity contribution is -0.0606. The summed E-state index contributed by atoms with van der Waals surface area (Å²) >= 11 is 0. The molecule has 3 heterocycles. The minimum atomic E-state index is -1.29. The third-order valence-corrected chi connectivity index (χ3v) is 8.08. The summed E-state index contributed by atoms with van der Waals surface area (Å²) in [6.45, 7) is -0.365. The highest BCUT2D eigenvalue weighted by molar-refractivity contribution is 6.06. The summed E-state index contributed by atoms with van der Waals surface area (Å²) in [4.78, 5) is 66.1. The molecule has 0 saturated carbocycles. The van der Waals surface area contributed by atoms with Crippen molar-refractivity contribution in [2.45, 2.75) is 24.5 Å². The Labute approximate surface area is 290 Å². The van der Waals surface area contributed by atoms with Gasteiger partial charge in [-0.2, -0.15) is 0 Å². The molecule has 51 heavy (non-hydrogen) atoms. The van der Waals surface area contributed by atoms with Gasteiger partial charge in [-0.1, -0.05) is 72.8 Å². The molecule has 6 aromatic rings. The Morgan fingerprint density at radius 3 is 1.71 bits per heavy atom. The Morgan fingerprint density at radius 1 is 0.627 bits per heavy atom. The van der Waals surface area contributed by atoms with Crippen LogP contribution in [0.25, 0.3) is 11.2 Å². The van der Waals surface area contributed by atoms with E-state index in [1.807, 2.05) is 0 Å². The van der Waals surface area contributed by atoms with E-state index in [9.17, 15) is 19.2 Å². The topological polar surface area (TPSA) is 161 Å². The highest BCUT2D eigenvalue weighted by Gasteiger charge is 2.52. The SMILES string of the molecule is O=C(Nc1ncnc2c1ncn2[C@H]1O[C@@H](COC(=O)c2ccccc2)[C@@H](OC(=O)c2ccccc2)[C@H]1OC(=O)c1ccccc1)c1ccccc1. The Morgan fingerprint density at radius 2 is 1.14 bits per heavy atom. The number of anilines is 1. The van der Waals surface area contributed by atoms with Crippen molar-refractivity contribution >= 4 is 40.8 Å². The summed E-state index contributed by atoms with van der Waals surface area (Å²) in [5.41, 5.74) is 1.64. The number of hydrogen-bond acceptors (Lipinski definition) is 11. The van der Waals surface area contributed by atoms with Crippen molar-refractivity contribution in [3.63, 3.8) is 0 Å². The van der Waals surface area contributed by atoms with E-state index in [4.69, 9.17) is 18.9 Å². The van der Waals surface area contributed by atoms with Gasteiger partial charge in [0.15, 0.2) is 35.4 Å². The number of aromatic nitrogens is 4. The molecule has 0 unspecified atom stereocenters. The molecule has 1 aliphatic heterocycles.